The molecule has 0 aromatic heterocycles. The maximum Gasteiger partial charge on any atom is 0.254 e. The zero-order valence-electron chi connectivity index (χ0n) is 22.9. The van der Waals surface area contributed by atoms with E-state index in [0.717, 1.165) is 23.1 Å². The lowest BCUT2D eigenvalue weighted by atomic mass is 9.99. The second-order valence-electron chi connectivity index (χ2n) is 10.1. The van der Waals surface area contributed by atoms with Crippen molar-refractivity contribution in [3.05, 3.63) is 64.7 Å². The number of carbonyl (C=O) groups is 1. The summed E-state index contributed by atoms with van der Waals surface area (Å²) < 4.78 is 45.6. The number of likely N-dealkylation sites (tertiary alicyclic amines) is 1. The Kier molecular flexibility index (Phi) is 9.46. The van der Waals surface area contributed by atoms with E-state index in [4.69, 9.17) is 14.2 Å². The van der Waals surface area contributed by atoms with E-state index in [1.807, 2.05) is 50.2 Å². The number of aryl methyl sites for hydroxylation is 2. The molecule has 38 heavy (non-hydrogen) atoms. The highest BCUT2D eigenvalue weighted by Crippen LogP contribution is 2.27. The summed E-state index contributed by atoms with van der Waals surface area (Å²) in [5.74, 6) is 0.463. The van der Waals surface area contributed by atoms with Crippen LogP contribution in [-0.2, 0) is 31.7 Å². The molecule has 0 unspecified atom stereocenters. The zero-order valence-corrected chi connectivity index (χ0v) is 23.7. The van der Waals surface area contributed by atoms with Crippen LogP contribution in [0.1, 0.15) is 53.7 Å². The molecule has 2 heterocycles. The zero-order chi connectivity index (χ0) is 27.3. The van der Waals surface area contributed by atoms with Crippen LogP contribution in [0.3, 0.4) is 0 Å². The number of hydrogen-bond acceptors (Lipinski definition) is 6. The predicted octanol–water partition coefficient (Wildman–Crippen LogP) is 3.81. The summed E-state index contributed by atoms with van der Waals surface area (Å²) in [6.45, 7) is 8.33. The molecule has 0 spiro atoms. The van der Waals surface area contributed by atoms with E-state index in [0.29, 0.717) is 57.0 Å². The number of amides is 1. The smallest absolute Gasteiger partial charge is 0.254 e. The van der Waals surface area contributed by atoms with Crippen molar-refractivity contribution in [2.75, 3.05) is 40.0 Å². The summed E-state index contributed by atoms with van der Waals surface area (Å²) in [5, 5.41) is 0. The van der Waals surface area contributed by atoms with Gasteiger partial charge in [0.15, 0.2) is 0 Å². The van der Waals surface area contributed by atoms with Gasteiger partial charge in [-0.3, -0.25) is 4.79 Å². The lowest BCUT2D eigenvalue weighted by molar-refractivity contribution is 0.0339. The maximum absolute atomic E-state index is 13.5. The molecule has 0 saturated carbocycles. The van der Waals surface area contributed by atoms with Gasteiger partial charge in [0.25, 0.3) is 5.91 Å². The molecule has 2 aromatic rings. The van der Waals surface area contributed by atoms with Crippen molar-refractivity contribution in [3.63, 3.8) is 0 Å². The van der Waals surface area contributed by atoms with E-state index in [1.165, 1.54) is 0 Å². The molecule has 2 aliphatic rings. The van der Waals surface area contributed by atoms with Crippen LogP contribution < -0.4 is 4.74 Å². The van der Waals surface area contributed by atoms with Gasteiger partial charge < -0.3 is 19.1 Å². The molecule has 8 nitrogen and oxygen atoms in total. The van der Waals surface area contributed by atoms with Crippen molar-refractivity contribution in [2.45, 2.75) is 64.0 Å². The van der Waals surface area contributed by atoms with E-state index >= 15 is 0 Å². The highest BCUT2D eigenvalue weighted by atomic mass is 32.2. The molecule has 4 rings (SSSR count). The topological polar surface area (TPSA) is 85.4 Å². The minimum atomic E-state index is -3.50. The van der Waals surface area contributed by atoms with Crippen LogP contribution in [-0.4, -0.2) is 81.7 Å². The first kappa shape index (κ1) is 28.5. The summed E-state index contributed by atoms with van der Waals surface area (Å²) in [6, 6.07) is 13.1. The van der Waals surface area contributed by atoms with Gasteiger partial charge in [-0.1, -0.05) is 44.2 Å². The standard InChI is InChI=1S/C29H40N2O6S/c1-5-23-11-7-9-21(3)28(23)29(32)30-18-26(35-4)27(19-30)37-25-12-8-10-22(17-25)20-38(33,34)31(6-2)24-13-15-36-16-14-24/h7-12,17,24,26-27H,5-6,13-16,18-20H2,1-4H3/t26-,27-/m1/s1. The fourth-order valence-corrected chi connectivity index (χ4v) is 7.39. The van der Waals surface area contributed by atoms with Gasteiger partial charge in [-0.2, -0.15) is 4.31 Å². The normalized spacial score (nSPS) is 20.7. The average molecular weight is 545 g/mol. The second kappa shape index (κ2) is 12.6. The molecule has 0 bridgehead atoms. The van der Waals surface area contributed by atoms with E-state index in [9.17, 15) is 13.2 Å². The Balaban J connectivity index is 1.46. The van der Waals surface area contributed by atoms with Crippen molar-refractivity contribution in [2.24, 2.45) is 0 Å². The monoisotopic (exact) mass is 544 g/mol. The largest absolute Gasteiger partial charge is 0.486 e. The number of ether oxygens (including phenoxy) is 3. The van der Waals surface area contributed by atoms with Crippen molar-refractivity contribution < 1.29 is 27.4 Å². The highest BCUT2D eigenvalue weighted by Gasteiger charge is 2.38. The Hall–Kier alpha value is -2.46. The van der Waals surface area contributed by atoms with Crippen molar-refractivity contribution in [3.8, 4) is 5.75 Å². The fraction of sp³-hybridized carbons (Fsp3) is 0.552. The predicted molar refractivity (Wildman–Crippen MR) is 147 cm³/mol. The lowest BCUT2D eigenvalue weighted by Crippen LogP contribution is -2.43. The quantitative estimate of drug-likeness (QED) is 0.452. The van der Waals surface area contributed by atoms with Crippen LogP contribution in [0.25, 0.3) is 0 Å². The molecule has 0 aliphatic carbocycles. The summed E-state index contributed by atoms with van der Waals surface area (Å²) in [4.78, 5) is 15.3. The van der Waals surface area contributed by atoms with E-state index in [-0.39, 0.29) is 29.9 Å². The van der Waals surface area contributed by atoms with Gasteiger partial charge >= 0.3 is 0 Å². The summed E-state index contributed by atoms with van der Waals surface area (Å²) >= 11 is 0. The van der Waals surface area contributed by atoms with Gasteiger partial charge in [0.1, 0.15) is 18.0 Å². The average Bonchev–Trinajstić information content (AvgIpc) is 3.31. The molecule has 2 saturated heterocycles. The first-order valence-electron chi connectivity index (χ1n) is 13.5. The van der Waals surface area contributed by atoms with Gasteiger partial charge in [0.05, 0.1) is 18.8 Å². The Morgan fingerprint density at radius 1 is 1.08 bits per heavy atom. The number of rotatable bonds is 10. The molecular formula is C29H40N2O6S. The van der Waals surface area contributed by atoms with Crippen LogP contribution in [0.4, 0.5) is 0 Å². The van der Waals surface area contributed by atoms with E-state index < -0.39 is 10.0 Å². The van der Waals surface area contributed by atoms with Crippen molar-refractivity contribution in [1.29, 1.82) is 0 Å². The van der Waals surface area contributed by atoms with E-state index in [1.54, 1.807) is 22.4 Å². The molecular weight excluding hydrogens is 504 g/mol. The van der Waals surface area contributed by atoms with E-state index in [2.05, 4.69) is 6.92 Å². The molecule has 2 fully saturated rings. The Labute approximate surface area is 226 Å². The highest BCUT2D eigenvalue weighted by molar-refractivity contribution is 7.88. The van der Waals surface area contributed by atoms with Gasteiger partial charge in [0.2, 0.25) is 10.0 Å². The minimum Gasteiger partial charge on any atom is -0.486 e. The summed E-state index contributed by atoms with van der Waals surface area (Å²) in [5.41, 5.74) is 3.41. The summed E-state index contributed by atoms with van der Waals surface area (Å²) in [6.07, 6.45) is 1.56. The number of nitrogens with zero attached hydrogens (tertiary/aromatic N) is 2. The molecule has 2 atom stereocenters. The van der Waals surface area contributed by atoms with Gasteiger partial charge in [-0.15, -0.1) is 0 Å². The minimum absolute atomic E-state index is 0.0132. The third kappa shape index (κ3) is 6.39. The third-order valence-electron chi connectivity index (χ3n) is 7.56. The molecule has 2 aromatic carbocycles. The molecule has 9 heteroatoms. The fourth-order valence-electron chi connectivity index (χ4n) is 5.57. The van der Waals surface area contributed by atoms with Gasteiger partial charge in [-0.25, -0.2) is 8.42 Å². The van der Waals surface area contributed by atoms with Crippen LogP contribution in [0.5, 0.6) is 5.75 Å². The van der Waals surface area contributed by atoms with Gasteiger partial charge in [-0.05, 0) is 55.0 Å². The Morgan fingerprint density at radius 2 is 1.79 bits per heavy atom. The van der Waals surface area contributed by atoms with Crippen molar-refractivity contribution >= 4 is 15.9 Å². The lowest BCUT2D eigenvalue weighted by Gasteiger charge is -2.32. The molecule has 2 aliphatic heterocycles. The number of hydrogen-bond donors (Lipinski definition) is 0. The summed E-state index contributed by atoms with van der Waals surface area (Å²) in [7, 11) is -1.88. The maximum atomic E-state index is 13.5. The second-order valence-corrected chi connectivity index (χ2v) is 12.0. The molecule has 0 radical (unpaired) electrons. The van der Waals surface area contributed by atoms with Crippen LogP contribution in [0.2, 0.25) is 0 Å². The third-order valence-corrected chi connectivity index (χ3v) is 9.53. The van der Waals surface area contributed by atoms with Crippen LogP contribution in [0.15, 0.2) is 42.5 Å². The Bertz CT molecular complexity index is 1210. The number of sulfonamides is 1. The Morgan fingerprint density at radius 3 is 2.47 bits per heavy atom. The first-order valence-corrected chi connectivity index (χ1v) is 15.1. The number of benzene rings is 2. The van der Waals surface area contributed by atoms with Crippen LogP contribution >= 0.6 is 0 Å². The number of methoxy groups -OCH3 is 1. The van der Waals surface area contributed by atoms with Crippen LogP contribution in [0, 0.1) is 6.92 Å². The molecule has 1 amide bonds. The molecule has 0 N–H and O–H groups in total. The first-order chi connectivity index (χ1) is 18.3. The van der Waals surface area contributed by atoms with Gasteiger partial charge in [0, 0.05) is 38.5 Å². The number of carbonyl (C=O) groups excluding carboxylic acids is 1. The van der Waals surface area contributed by atoms with Crippen molar-refractivity contribution in [1.82, 2.24) is 9.21 Å². The SMILES string of the molecule is CCc1cccc(C)c1C(=O)N1C[C@@H](OC)[C@H](Oc2cccc(CS(=O)(=O)N(CC)C3CCOCC3)c2)C1. The molecule has 208 valence electrons.